The minimum Gasteiger partial charge on any atom is -0.375 e. The minimum atomic E-state index is 0.114. The summed E-state index contributed by atoms with van der Waals surface area (Å²) < 4.78 is 0. The van der Waals surface area contributed by atoms with Gasteiger partial charge in [-0.1, -0.05) is 40.9 Å². The molecule has 1 aliphatic rings. The zero-order chi connectivity index (χ0) is 20.1. The highest BCUT2D eigenvalue weighted by molar-refractivity contribution is 7.80. The number of nitrogens with zero attached hydrogens (tertiary/aromatic N) is 3. The summed E-state index contributed by atoms with van der Waals surface area (Å²) in [5.41, 5.74) is 10.9. The molecular weight excluding hydrogens is 437 g/mol. The molecule has 1 heterocycles. The molecule has 5 nitrogen and oxygen atoms in total. The van der Waals surface area contributed by atoms with Crippen LogP contribution in [0.3, 0.4) is 0 Å². The van der Waals surface area contributed by atoms with Crippen molar-refractivity contribution in [3.05, 3.63) is 62.6 Å². The average molecular weight is 457 g/mol. The smallest absolute Gasteiger partial charge is 0.184 e. The standard InChI is InChI=1S/C19H20Cl3N5S/c20-16-4-1-13(9-18(16)22)12-26-5-7-27(8-6-26)15-3-2-14(17(21)10-15)11-24-25-19(23)28/h1-4,9-11H,5-8,12H2,(H3,23,25,28). The highest BCUT2D eigenvalue weighted by atomic mass is 35.5. The lowest BCUT2D eigenvalue weighted by Gasteiger charge is -2.36. The van der Waals surface area contributed by atoms with E-state index in [0.29, 0.717) is 15.1 Å². The Hall–Kier alpha value is -1.57. The normalized spacial score (nSPS) is 15.2. The predicted molar refractivity (Wildman–Crippen MR) is 123 cm³/mol. The summed E-state index contributed by atoms with van der Waals surface area (Å²) in [6.07, 6.45) is 1.60. The molecule has 0 radical (unpaired) electrons. The van der Waals surface area contributed by atoms with E-state index in [4.69, 9.17) is 52.8 Å². The van der Waals surface area contributed by atoms with Gasteiger partial charge < -0.3 is 10.6 Å². The number of benzene rings is 2. The first-order valence-corrected chi connectivity index (χ1v) is 10.3. The van der Waals surface area contributed by atoms with Crippen LogP contribution in [0.1, 0.15) is 11.1 Å². The second-order valence-corrected chi connectivity index (χ2v) is 8.11. The fourth-order valence-electron chi connectivity index (χ4n) is 3.04. The van der Waals surface area contributed by atoms with E-state index in [0.717, 1.165) is 44.0 Å². The monoisotopic (exact) mass is 455 g/mol. The molecule has 3 N–H and O–H groups in total. The largest absolute Gasteiger partial charge is 0.375 e. The second kappa shape index (κ2) is 9.76. The molecule has 0 spiro atoms. The number of nitrogens with one attached hydrogen (secondary N) is 1. The number of hydrogen-bond donors (Lipinski definition) is 2. The van der Waals surface area contributed by atoms with Crippen molar-refractivity contribution in [2.24, 2.45) is 10.8 Å². The number of anilines is 1. The van der Waals surface area contributed by atoms with Gasteiger partial charge in [-0.2, -0.15) is 5.10 Å². The summed E-state index contributed by atoms with van der Waals surface area (Å²) in [5.74, 6) is 0. The van der Waals surface area contributed by atoms with Crippen LogP contribution in [0.5, 0.6) is 0 Å². The molecule has 1 aliphatic heterocycles. The molecule has 0 aromatic heterocycles. The summed E-state index contributed by atoms with van der Waals surface area (Å²) in [4.78, 5) is 4.73. The Morgan fingerprint density at radius 3 is 2.43 bits per heavy atom. The highest BCUT2D eigenvalue weighted by Gasteiger charge is 2.18. The minimum absolute atomic E-state index is 0.114. The van der Waals surface area contributed by atoms with Gasteiger partial charge in [-0.05, 0) is 48.1 Å². The lowest BCUT2D eigenvalue weighted by Crippen LogP contribution is -2.46. The lowest BCUT2D eigenvalue weighted by atomic mass is 10.1. The summed E-state index contributed by atoms with van der Waals surface area (Å²) in [6, 6.07) is 11.7. The van der Waals surface area contributed by atoms with Crippen LogP contribution in [0.4, 0.5) is 5.69 Å². The fraction of sp³-hybridized carbons (Fsp3) is 0.263. The van der Waals surface area contributed by atoms with Crippen LogP contribution in [0.2, 0.25) is 15.1 Å². The molecule has 2 aromatic rings. The van der Waals surface area contributed by atoms with Crippen molar-refractivity contribution >= 4 is 64.0 Å². The zero-order valence-electron chi connectivity index (χ0n) is 15.0. The summed E-state index contributed by atoms with van der Waals surface area (Å²) in [7, 11) is 0. The fourth-order valence-corrected chi connectivity index (χ4v) is 3.64. The van der Waals surface area contributed by atoms with Gasteiger partial charge in [0.25, 0.3) is 0 Å². The van der Waals surface area contributed by atoms with E-state index in [-0.39, 0.29) is 5.11 Å². The predicted octanol–water partition coefficient (Wildman–Crippen LogP) is 4.14. The topological polar surface area (TPSA) is 56.9 Å². The molecule has 3 rings (SSSR count). The molecule has 2 aromatic carbocycles. The van der Waals surface area contributed by atoms with E-state index in [9.17, 15) is 0 Å². The van der Waals surface area contributed by atoms with Crippen LogP contribution >= 0.6 is 47.0 Å². The summed E-state index contributed by atoms with van der Waals surface area (Å²) in [6.45, 7) is 4.62. The quantitative estimate of drug-likeness (QED) is 0.402. The molecule has 148 valence electrons. The Morgan fingerprint density at radius 2 is 1.79 bits per heavy atom. The molecule has 0 saturated carbocycles. The van der Waals surface area contributed by atoms with Gasteiger partial charge in [-0.25, -0.2) is 0 Å². The van der Waals surface area contributed by atoms with Gasteiger partial charge in [-0.15, -0.1) is 0 Å². The molecule has 28 heavy (non-hydrogen) atoms. The second-order valence-electron chi connectivity index (χ2n) is 6.45. The molecule has 1 saturated heterocycles. The van der Waals surface area contributed by atoms with Gasteiger partial charge in [0.15, 0.2) is 5.11 Å². The molecule has 0 unspecified atom stereocenters. The molecule has 1 fully saturated rings. The van der Waals surface area contributed by atoms with Crippen molar-refractivity contribution in [3.8, 4) is 0 Å². The Labute approximate surface area is 185 Å². The van der Waals surface area contributed by atoms with Gasteiger partial charge in [0.1, 0.15) is 0 Å². The van der Waals surface area contributed by atoms with E-state index in [1.165, 1.54) is 5.56 Å². The maximum Gasteiger partial charge on any atom is 0.184 e. The van der Waals surface area contributed by atoms with Crippen molar-refractivity contribution in [3.63, 3.8) is 0 Å². The Kier molecular flexibility index (Phi) is 7.37. The van der Waals surface area contributed by atoms with Crippen LogP contribution in [-0.2, 0) is 6.54 Å². The molecule has 9 heteroatoms. The molecular formula is C19H20Cl3N5S. The zero-order valence-corrected chi connectivity index (χ0v) is 18.1. The van der Waals surface area contributed by atoms with Crippen LogP contribution in [0, 0.1) is 0 Å². The van der Waals surface area contributed by atoms with Crippen LogP contribution < -0.4 is 16.1 Å². The van der Waals surface area contributed by atoms with Crippen molar-refractivity contribution in [1.82, 2.24) is 10.3 Å². The van der Waals surface area contributed by atoms with Crippen molar-refractivity contribution in [2.75, 3.05) is 31.1 Å². The third-order valence-corrected chi connectivity index (χ3v) is 5.65. The summed E-state index contributed by atoms with van der Waals surface area (Å²) in [5, 5.41) is 5.87. The van der Waals surface area contributed by atoms with Crippen molar-refractivity contribution in [1.29, 1.82) is 0 Å². The first-order chi connectivity index (χ1) is 13.4. The van der Waals surface area contributed by atoms with Crippen molar-refractivity contribution in [2.45, 2.75) is 6.54 Å². The Balaban J connectivity index is 1.57. The maximum absolute atomic E-state index is 6.38. The van der Waals surface area contributed by atoms with E-state index in [2.05, 4.69) is 20.3 Å². The molecule has 0 amide bonds. The molecule has 0 bridgehead atoms. The van der Waals surface area contributed by atoms with Gasteiger partial charge in [0, 0.05) is 44.0 Å². The highest BCUT2D eigenvalue weighted by Crippen LogP contribution is 2.26. The van der Waals surface area contributed by atoms with Gasteiger partial charge >= 0.3 is 0 Å². The maximum atomic E-state index is 6.38. The van der Waals surface area contributed by atoms with E-state index in [1.54, 1.807) is 6.21 Å². The van der Waals surface area contributed by atoms with E-state index >= 15 is 0 Å². The summed E-state index contributed by atoms with van der Waals surface area (Å²) >= 11 is 23.2. The number of thiocarbonyl (C=S) groups is 1. The number of piperazine rings is 1. The SMILES string of the molecule is NC(=S)NN=Cc1ccc(N2CCN(Cc3ccc(Cl)c(Cl)c3)CC2)cc1Cl. The number of hydrazone groups is 1. The number of hydrogen-bond acceptors (Lipinski definition) is 4. The van der Waals surface area contributed by atoms with Crippen LogP contribution in [0.15, 0.2) is 41.5 Å². The first kappa shape index (κ1) is 21.1. The average Bonchev–Trinajstić information content (AvgIpc) is 2.66. The van der Waals surface area contributed by atoms with Crippen LogP contribution in [-0.4, -0.2) is 42.4 Å². The third-order valence-electron chi connectivity index (χ3n) is 4.49. The molecule has 0 atom stereocenters. The number of nitrogens with two attached hydrogens (primary N) is 1. The number of rotatable bonds is 5. The van der Waals surface area contributed by atoms with Crippen molar-refractivity contribution < 1.29 is 0 Å². The van der Waals surface area contributed by atoms with E-state index in [1.807, 2.05) is 36.4 Å². The lowest BCUT2D eigenvalue weighted by molar-refractivity contribution is 0.250. The van der Waals surface area contributed by atoms with Gasteiger partial charge in [0.2, 0.25) is 0 Å². The first-order valence-electron chi connectivity index (χ1n) is 8.71. The number of halogens is 3. The third kappa shape index (κ3) is 5.72. The van der Waals surface area contributed by atoms with Gasteiger partial charge in [0.05, 0.1) is 21.3 Å². The van der Waals surface area contributed by atoms with Crippen LogP contribution in [0.25, 0.3) is 0 Å². The Morgan fingerprint density at radius 1 is 1.04 bits per heavy atom. The Bertz CT molecular complexity index is 882. The molecule has 0 aliphatic carbocycles. The van der Waals surface area contributed by atoms with E-state index < -0.39 is 0 Å². The van der Waals surface area contributed by atoms with Gasteiger partial charge in [-0.3, -0.25) is 10.3 Å².